The zero-order valence-electron chi connectivity index (χ0n) is 15.9. The van der Waals surface area contributed by atoms with Gasteiger partial charge in [-0.15, -0.1) is 0 Å². The van der Waals surface area contributed by atoms with E-state index in [1.807, 2.05) is 18.5 Å². The van der Waals surface area contributed by atoms with E-state index in [0.29, 0.717) is 6.04 Å². The van der Waals surface area contributed by atoms with Crippen LogP contribution in [0.4, 0.5) is 0 Å². The van der Waals surface area contributed by atoms with Crippen LogP contribution in [0, 0.1) is 5.92 Å². The zero-order chi connectivity index (χ0) is 18.3. The number of hydrogen-bond donors (Lipinski definition) is 2. The summed E-state index contributed by atoms with van der Waals surface area (Å²) in [7, 11) is 0. The van der Waals surface area contributed by atoms with Crippen molar-refractivity contribution in [3.05, 3.63) is 30.0 Å². The third-order valence-electron chi connectivity index (χ3n) is 5.87. The van der Waals surface area contributed by atoms with E-state index in [-0.39, 0.29) is 6.04 Å². The molecule has 4 N–H and O–H groups in total. The standard InChI is InChI=1S/C20H30N6/c1-13(2)26-18(11-14-3-4-14)16(12-24-26)17-7-10-23-19(25-17)20(22)8-5-15(21)6-9-20/h7,10,12-15H,3-6,8-9,11,21-22H2,1-2H3. The highest BCUT2D eigenvalue weighted by molar-refractivity contribution is 5.61. The van der Waals surface area contributed by atoms with E-state index < -0.39 is 5.54 Å². The minimum Gasteiger partial charge on any atom is -0.328 e. The molecule has 2 heterocycles. The monoisotopic (exact) mass is 354 g/mol. The topological polar surface area (TPSA) is 95.6 Å². The van der Waals surface area contributed by atoms with E-state index in [2.05, 4.69) is 28.6 Å². The van der Waals surface area contributed by atoms with Crippen molar-refractivity contribution in [1.82, 2.24) is 19.7 Å². The van der Waals surface area contributed by atoms with Crippen molar-refractivity contribution in [2.24, 2.45) is 17.4 Å². The lowest BCUT2D eigenvalue weighted by Gasteiger charge is -2.34. The minimum absolute atomic E-state index is 0.254. The summed E-state index contributed by atoms with van der Waals surface area (Å²) >= 11 is 0. The van der Waals surface area contributed by atoms with Crippen LogP contribution in [-0.2, 0) is 12.0 Å². The first-order valence-electron chi connectivity index (χ1n) is 9.91. The molecule has 2 aliphatic rings. The Labute approximate surface area is 155 Å². The molecule has 2 aliphatic carbocycles. The summed E-state index contributed by atoms with van der Waals surface area (Å²) in [5.74, 6) is 1.54. The van der Waals surface area contributed by atoms with Gasteiger partial charge in [-0.05, 0) is 70.8 Å². The molecule has 0 bridgehead atoms. The molecule has 0 atom stereocenters. The van der Waals surface area contributed by atoms with Crippen molar-refractivity contribution in [3.8, 4) is 11.3 Å². The summed E-state index contributed by atoms with van der Waals surface area (Å²) in [5.41, 5.74) is 15.6. The Hall–Kier alpha value is -1.79. The van der Waals surface area contributed by atoms with Crippen molar-refractivity contribution < 1.29 is 0 Å². The molecule has 0 radical (unpaired) electrons. The average Bonchev–Trinajstić information content (AvgIpc) is 3.34. The van der Waals surface area contributed by atoms with Crippen LogP contribution in [0.2, 0.25) is 0 Å². The fourth-order valence-electron chi connectivity index (χ4n) is 3.97. The van der Waals surface area contributed by atoms with E-state index in [4.69, 9.17) is 16.5 Å². The summed E-state index contributed by atoms with van der Waals surface area (Å²) in [4.78, 5) is 9.42. The molecule has 0 spiro atoms. The summed E-state index contributed by atoms with van der Waals surface area (Å²) < 4.78 is 2.15. The number of nitrogens with zero attached hydrogens (tertiary/aromatic N) is 4. The molecule has 0 saturated heterocycles. The van der Waals surface area contributed by atoms with Crippen LogP contribution in [0.5, 0.6) is 0 Å². The Kier molecular flexibility index (Phi) is 4.57. The van der Waals surface area contributed by atoms with Gasteiger partial charge < -0.3 is 11.5 Å². The van der Waals surface area contributed by atoms with Gasteiger partial charge in [0.1, 0.15) is 5.82 Å². The minimum atomic E-state index is -0.462. The first-order chi connectivity index (χ1) is 12.5. The SMILES string of the molecule is CC(C)n1ncc(-c2ccnc(C3(N)CCC(N)CC3)n2)c1CC1CC1. The lowest BCUT2D eigenvalue weighted by molar-refractivity contribution is 0.265. The number of aromatic nitrogens is 4. The van der Waals surface area contributed by atoms with Gasteiger partial charge in [-0.3, -0.25) is 4.68 Å². The van der Waals surface area contributed by atoms with Crippen molar-refractivity contribution in [2.45, 2.75) is 76.4 Å². The van der Waals surface area contributed by atoms with Gasteiger partial charge in [0.05, 0.1) is 17.4 Å². The molecule has 26 heavy (non-hydrogen) atoms. The predicted octanol–water partition coefficient (Wildman–Crippen LogP) is 2.93. The van der Waals surface area contributed by atoms with E-state index >= 15 is 0 Å². The lowest BCUT2D eigenvalue weighted by Crippen LogP contribution is -2.44. The highest BCUT2D eigenvalue weighted by Crippen LogP contribution is 2.37. The second kappa shape index (κ2) is 6.74. The summed E-state index contributed by atoms with van der Waals surface area (Å²) in [5, 5.41) is 4.65. The van der Waals surface area contributed by atoms with Crippen LogP contribution >= 0.6 is 0 Å². The number of hydrogen-bond acceptors (Lipinski definition) is 5. The van der Waals surface area contributed by atoms with Crippen molar-refractivity contribution in [2.75, 3.05) is 0 Å². The first kappa shape index (κ1) is 17.6. The molecule has 140 valence electrons. The molecule has 4 rings (SSSR count). The second-order valence-electron chi connectivity index (χ2n) is 8.45. The normalized spacial score (nSPS) is 26.4. The summed E-state index contributed by atoms with van der Waals surface area (Å²) in [6.45, 7) is 4.36. The number of rotatable bonds is 5. The molecule has 0 unspecified atom stereocenters. The van der Waals surface area contributed by atoms with Gasteiger partial charge in [0, 0.05) is 29.5 Å². The smallest absolute Gasteiger partial charge is 0.148 e. The fraction of sp³-hybridized carbons (Fsp3) is 0.650. The van der Waals surface area contributed by atoms with Crippen molar-refractivity contribution in [1.29, 1.82) is 0 Å². The molecule has 2 aromatic rings. The van der Waals surface area contributed by atoms with Gasteiger partial charge >= 0.3 is 0 Å². The van der Waals surface area contributed by atoms with Crippen molar-refractivity contribution in [3.63, 3.8) is 0 Å². The Morgan fingerprint density at radius 1 is 1.23 bits per heavy atom. The highest BCUT2D eigenvalue weighted by Gasteiger charge is 2.35. The Bertz CT molecular complexity index is 768. The van der Waals surface area contributed by atoms with Gasteiger partial charge in [0.15, 0.2) is 0 Å². The Balaban J connectivity index is 1.68. The number of nitrogens with two attached hydrogens (primary N) is 2. The van der Waals surface area contributed by atoms with Crippen LogP contribution in [0.1, 0.15) is 69.9 Å². The summed E-state index contributed by atoms with van der Waals surface area (Å²) in [6.07, 6.45) is 11.1. The average molecular weight is 355 g/mol. The van der Waals surface area contributed by atoms with Crippen LogP contribution in [0.25, 0.3) is 11.3 Å². The van der Waals surface area contributed by atoms with Crippen LogP contribution in [0.3, 0.4) is 0 Å². The van der Waals surface area contributed by atoms with E-state index in [0.717, 1.165) is 55.1 Å². The zero-order valence-corrected chi connectivity index (χ0v) is 15.9. The maximum absolute atomic E-state index is 6.67. The van der Waals surface area contributed by atoms with Crippen molar-refractivity contribution >= 4 is 0 Å². The highest BCUT2D eigenvalue weighted by atomic mass is 15.3. The van der Waals surface area contributed by atoms with Gasteiger partial charge in [-0.2, -0.15) is 5.10 Å². The van der Waals surface area contributed by atoms with Gasteiger partial charge in [0.25, 0.3) is 0 Å². The molecule has 0 amide bonds. The molecule has 0 aliphatic heterocycles. The van der Waals surface area contributed by atoms with E-state index in [1.54, 1.807) is 0 Å². The molecular formula is C20H30N6. The van der Waals surface area contributed by atoms with Gasteiger partial charge in [-0.1, -0.05) is 0 Å². The predicted molar refractivity (Wildman–Crippen MR) is 102 cm³/mol. The Morgan fingerprint density at radius 3 is 2.62 bits per heavy atom. The van der Waals surface area contributed by atoms with Crippen LogP contribution in [-0.4, -0.2) is 25.8 Å². The fourth-order valence-corrected chi connectivity index (χ4v) is 3.97. The lowest BCUT2D eigenvalue weighted by atomic mass is 9.80. The summed E-state index contributed by atoms with van der Waals surface area (Å²) in [6, 6.07) is 2.59. The molecule has 2 fully saturated rings. The maximum Gasteiger partial charge on any atom is 0.148 e. The largest absolute Gasteiger partial charge is 0.328 e. The third kappa shape index (κ3) is 3.40. The third-order valence-corrected chi connectivity index (χ3v) is 5.87. The van der Waals surface area contributed by atoms with Gasteiger partial charge in [0.2, 0.25) is 0 Å². The molecule has 0 aromatic carbocycles. The maximum atomic E-state index is 6.67. The molecular weight excluding hydrogens is 324 g/mol. The van der Waals surface area contributed by atoms with Crippen LogP contribution in [0.15, 0.2) is 18.5 Å². The second-order valence-corrected chi connectivity index (χ2v) is 8.45. The van der Waals surface area contributed by atoms with E-state index in [1.165, 1.54) is 18.5 Å². The van der Waals surface area contributed by atoms with E-state index in [9.17, 15) is 0 Å². The molecule has 2 saturated carbocycles. The Morgan fingerprint density at radius 2 is 1.96 bits per heavy atom. The quantitative estimate of drug-likeness (QED) is 0.860. The van der Waals surface area contributed by atoms with Crippen LogP contribution < -0.4 is 11.5 Å². The molecule has 2 aromatic heterocycles. The van der Waals surface area contributed by atoms with Gasteiger partial charge in [-0.25, -0.2) is 9.97 Å². The molecule has 6 nitrogen and oxygen atoms in total. The first-order valence-corrected chi connectivity index (χ1v) is 9.91. The molecule has 6 heteroatoms.